The van der Waals surface area contributed by atoms with Crippen molar-refractivity contribution in [3.8, 4) is 11.5 Å². The zero-order chi connectivity index (χ0) is 19.3. The van der Waals surface area contributed by atoms with Crippen molar-refractivity contribution in [1.82, 2.24) is 0 Å². The van der Waals surface area contributed by atoms with Gasteiger partial charge in [-0.3, -0.25) is 0 Å². The van der Waals surface area contributed by atoms with Crippen molar-refractivity contribution >= 4 is 14.4 Å². The average Bonchev–Trinajstić information content (AvgIpc) is 2.54. The first-order valence-electron chi connectivity index (χ1n) is 7.93. The quantitative estimate of drug-likeness (QED) is 0.320. The number of aliphatic hydroxyl groups is 1. The zero-order valence-electron chi connectivity index (χ0n) is 16.0. The fraction of sp³-hybridized carbons (Fsp3) is 0.444. The Morgan fingerprint density at radius 2 is 1.84 bits per heavy atom. The van der Waals surface area contributed by atoms with Gasteiger partial charge in [0, 0.05) is 6.08 Å². The third-order valence-electron chi connectivity index (χ3n) is 4.31. The van der Waals surface area contributed by atoms with Crippen molar-refractivity contribution in [2.24, 2.45) is 0 Å². The molecule has 1 N–H and O–H groups in total. The number of hydrogen-bond donors (Lipinski definition) is 1. The van der Waals surface area contributed by atoms with Gasteiger partial charge in [0.1, 0.15) is 5.75 Å². The van der Waals surface area contributed by atoms with Gasteiger partial charge < -0.3 is 19.0 Å². The lowest BCUT2D eigenvalue weighted by Gasteiger charge is -2.36. The number of aliphatic hydroxyl groups excluding tert-OH is 1. The Labute approximate surface area is 150 Å². The van der Waals surface area contributed by atoms with Gasteiger partial charge in [-0.05, 0) is 41.9 Å². The van der Waals surface area contributed by atoms with Crippen molar-refractivity contribution in [1.29, 1.82) is 5.39 Å². The molecule has 0 aromatic heterocycles. The van der Waals surface area contributed by atoms with Gasteiger partial charge in [-0.15, -0.1) is 0 Å². The molecule has 0 fully saturated rings. The summed E-state index contributed by atoms with van der Waals surface area (Å²) in [7, 11) is 0.896. The van der Waals surface area contributed by atoms with E-state index >= 15 is 0 Å². The Kier molecular flexibility index (Phi) is 6.65. The number of diazo groups is 1. The Balaban J connectivity index is 3.14. The number of hydrogen-bond acceptors (Lipinski definition) is 5. The van der Waals surface area contributed by atoms with Crippen LogP contribution in [0, 0.1) is 5.39 Å². The molecule has 1 aromatic carbocycles. The van der Waals surface area contributed by atoms with Crippen LogP contribution in [0.1, 0.15) is 26.3 Å². The molecule has 0 unspecified atom stereocenters. The van der Waals surface area contributed by atoms with Crippen LogP contribution in [-0.2, 0) is 4.74 Å². The molecule has 6 nitrogen and oxygen atoms in total. The van der Waals surface area contributed by atoms with Crippen LogP contribution in [0.2, 0.25) is 18.1 Å². The van der Waals surface area contributed by atoms with Gasteiger partial charge >= 0.3 is 11.6 Å². The molecule has 25 heavy (non-hydrogen) atoms. The molecule has 1 rings (SSSR count). The van der Waals surface area contributed by atoms with Crippen molar-refractivity contribution < 1.29 is 19.0 Å². The highest BCUT2D eigenvalue weighted by atomic mass is 28.4. The molecule has 0 aliphatic heterocycles. The van der Waals surface area contributed by atoms with Gasteiger partial charge in [0.25, 0.3) is 8.32 Å². The van der Waals surface area contributed by atoms with E-state index in [1.54, 1.807) is 13.2 Å². The van der Waals surface area contributed by atoms with Crippen LogP contribution in [0.15, 0.2) is 35.9 Å². The lowest BCUT2D eigenvalue weighted by molar-refractivity contribution is 0.133. The van der Waals surface area contributed by atoms with Crippen molar-refractivity contribution in [2.75, 3.05) is 14.2 Å². The number of benzene rings is 1. The minimum absolute atomic E-state index is 0.0800. The van der Waals surface area contributed by atoms with E-state index in [2.05, 4.69) is 43.6 Å². The molecule has 0 spiro atoms. The molecule has 1 aromatic rings. The number of rotatable bonds is 6. The normalized spacial score (nSPS) is 13.2. The van der Waals surface area contributed by atoms with E-state index in [1.807, 2.05) is 18.2 Å². The van der Waals surface area contributed by atoms with Crippen LogP contribution >= 0.6 is 0 Å². The van der Waals surface area contributed by atoms with E-state index in [1.165, 1.54) is 13.2 Å². The highest BCUT2D eigenvalue weighted by molar-refractivity contribution is 6.74. The summed E-state index contributed by atoms with van der Waals surface area (Å²) in [5, 5.41) is 18.4. The van der Waals surface area contributed by atoms with Gasteiger partial charge in [0.05, 0.1) is 14.2 Å². The third kappa shape index (κ3) is 5.26. The second-order valence-corrected chi connectivity index (χ2v) is 11.8. The molecule has 0 saturated carbocycles. The van der Waals surface area contributed by atoms with E-state index in [0.29, 0.717) is 11.5 Å². The Morgan fingerprint density at radius 1 is 1.20 bits per heavy atom. The summed E-state index contributed by atoms with van der Waals surface area (Å²) in [6, 6.07) is 5.53. The SMILES string of the molecule is CO/C(O)=C(\C=C\c1ccc(O[Si](C)(C)C(C)(C)C)c(OC)c1)[N+]#N. The van der Waals surface area contributed by atoms with Gasteiger partial charge in [-0.1, -0.05) is 26.8 Å². The van der Waals surface area contributed by atoms with E-state index in [0.717, 1.165) is 5.56 Å². The molecular weight excluding hydrogens is 336 g/mol. The molecule has 0 aliphatic rings. The van der Waals surface area contributed by atoms with Gasteiger partial charge in [-0.2, -0.15) is 0 Å². The van der Waals surface area contributed by atoms with Crippen LogP contribution in [-0.4, -0.2) is 27.6 Å². The lowest BCUT2D eigenvalue weighted by atomic mass is 10.2. The second kappa shape index (κ2) is 8.08. The monoisotopic (exact) mass is 363 g/mol. The Bertz CT molecular complexity index is 713. The van der Waals surface area contributed by atoms with Crippen LogP contribution < -0.4 is 9.16 Å². The highest BCUT2D eigenvalue weighted by Gasteiger charge is 2.39. The minimum Gasteiger partial charge on any atom is -0.541 e. The van der Waals surface area contributed by atoms with Crippen LogP contribution in [0.3, 0.4) is 0 Å². The average molecular weight is 364 g/mol. The predicted molar refractivity (Wildman–Crippen MR) is 102 cm³/mol. The Hall–Kier alpha value is -2.46. The van der Waals surface area contributed by atoms with Crippen molar-refractivity contribution in [2.45, 2.75) is 38.9 Å². The standard InChI is InChI=1S/C18H26N2O4Si/c1-18(2,3)25(6,7)24-15-11-9-13(12-16(15)22-4)8-10-14(20-19)17(21)23-5/h8-12H,1-7H3/p+1/b10-8+,17-14+. The molecule has 0 bridgehead atoms. The summed E-state index contributed by atoms with van der Waals surface area (Å²) in [6.45, 7) is 10.9. The molecule has 0 saturated heterocycles. The van der Waals surface area contributed by atoms with Crippen LogP contribution in [0.25, 0.3) is 11.1 Å². The molecule has 0 radical (unpaired) electrons. The maximum absolute atomic E-state index is 9.46. The summed E-state index contributed by atoms with van der Waals surface area (Å²) in [6.07, 6.45) is 3.10. The molecule has 0 atom stereocenters. The summed E-state index contributed by atoms with van der Waals surface area (Å²) in [5.74, 6) is 0.853. The largest absolute Gasteiger partial charge is 0.541 e. The molecule has 7 heteroatoms. The molecular formula is C18H27N2O4Si+. The fourth-order valence-corrected chi connectivity index (χ4v) is 2.75. The summed E-state index contributed by atoms with van der Waals surface area (Å²) >= 11 is 0. The van der Waals surface area contributed by atoms with E-state index < -0.39 is 14.3 Å². The van der Waals surface area contributed by atoms with Crippen LogP contribution in [0.5, 0.6) is 11.5 Å². The number of nitrogens with zero attached hydrogens (tertiary/aromatic N) is 2. The number of methoxy groups -OCH3 is 2. The topological polar surface area (TPSA) is 76.1 Å². The Morgan fingerprint density at radius 3 is 2.32 bits per heavy atom. The third-order valence-corrected chi connectivity index (χ3v) is 8.66. The van der Waals surface area contributed by atoms with Crippen molar-refractivity contribution in [3.63, 3.8) is 0 Å². The predicted octanol–water partition coefficient (Wildman–Crippen LogP) is 5.32. The van der Waals surface area contributed by atoms with Crippen molar-refractivity contribution in [3.05, 3.63) is 46.5 Å². The van der Waals surface area contributed by atoms with Gasteiger partial charge in [0.15, 0.2) is 10.7 Å². The smallest absolute Gasteiger partial charge is 0.463 e. The molecule has 0 amide bonds. The summed E-state index contributed by atoms with van der Waals surface area (Å²) in [5.41, 5.74) is 0.715. The zero-order valence-corrected chi connectivity index (χ0v) is 17.0. The van der Waals surface area contributed by atoms with E-state index in [-0.39, 0.29) is 10.7 Å². The summed E-state index contributed by atoms with van der Waals surface area (Å²) < 4.78 is 16.4. The van der Waals surface area contributed by atoms with Crippen LogP contribution in [0.4, 0.5) is 0 Å². The highest BCUT2D eigenvalue weighted by Crippen LogP contribution is 2.40. The maximum atomic E-state index is 9.46. The lowest BCUT2D eigenvalue weighted by Crippen LogP contribution is -2.43. The first kappa shape index (κ1) is 20.6. The van der Waals surface area contributed by atoms with E-state index in [9.17, 15) is 5.11 Å². The van der Waals surface area contributed by atoms with Gasteiger partial charge in [0.2, 0.25) is 5.39 Å². The molecule has 136 valence electrons. The second-order valence-electron chi connectivity index (χ2n) is 7.10. The van der Waals surface area contributed by atoms with E-state index in [4.69, 9.17) is 14.6 Å². The number of ether oxygens (including phenoxy) is 2. The number of allylic oxidation sites excluding steroid dienone is 1. The minimum atomic E-state index is -1.98. The maximum Gasteiger partial charge on any atom is 0.463 e. The first-order chi connectivity index (χ1) is 11.6. The first-order valence-corrected chi connectivity index (χ1v) is 10.8. The summed E-state index contributed by atoms with van der Waals surface area (Å²) in [4.78, 5) is 2.98. The fourth-order valence-electron chi connectivity index (χ4n) is 1.73. The van der Waals surface area contributed by atoms with Gasteiger partial charge in [-0.25, -0.2) is 0 Å². The molecule has 0 heterocycles. The molecule has 0 aliphatic carbocycles.